The Morgan fingerprint density at radius 3 is 2.58 bits per heavy atom. The molecule has 4 nitrogen and oxygen atoms in total. The van der Waals surface area contributed by atoms with E-state index in [2.05, 4.69) is 10.4 Å². The molecule has 0 aliphatic carbocycles. The third-order valence-electron chi connectivity index (χ3n) is 2.57. The van der Waals surface area contributed by atoms with Gasteiger partial charge in [0.15, 0.2) is 0 Å². The minimum absolute atomic E-state index is 0.185. The van der Waals surface area contributed by atoms with Crippen LogP contribution in [-0.2, 0) is 6.54 Å². The van der Waals surface area contributed by atoms with Crippen LogP contribution >= 0.6 is 0 Å². The molecular weight excluding hydrogens is 245 g/mol. The van der Waals surface area contributed by atoms with Gasteiger partial charge in [-0.25, -0.2) is 9.07 Å². The summed E-state index contributed by atoms with van der Waals surface area (Å²) in [5.41, 5.74) is 1.35. The summed E-state index contributed by atoms with van der Waals surface area (Å²) in [6, 6.07) is 7.78. The Hall–Kier alpha value is -2.17. The molecule has 2 rings (SSSR count). The van der Waals surface area contributed by atoms with Gasteiger partial charge in [0.2, 0.25) is 0 Å². The fraction of sp³-hybridized carbons (Fsp3) is 0.286. The van der Waals surface area contributed by atoms with E-state index in [1.807, 2.05) is 13.8 Å². The van der Waals surface area contributed by atoms with Gasteiger partial charge in [0.05, 0.1) is 18.4 Å². The van der Waals surface area contributed by atoms with Crippen LogP contribution in [0.25, 0.3) is 0 Å². The second-order valence-electron chi connectivity index (χ2n) is 4.67. The number of anilines is 1. The molecule has 19 heavy (non-hydrogen) atoms. The van der Waals surface area contributed by atoms with Crippen molar-refractivity contribution in [3.05, 3.63) is 58.3 Å². The highest BCUT2D eigenvalue weighted by Gasteiger charge is 2.02. The maximum absolute atomic E-state index is 12.8. The van der Waals surface area contributed by atoms with Gasteiger partial charge in [-0.05, 0) is 31.5 Å². The molecule has 5 heteroatoms. The number of nitrogens with one attached hydrogen (secondary N) is 1. The number of hydrogen-bond acceptors (Lipinski definition) is 3. The van der Waals surface area contributed by atoms with Crippen molar-refractivity contribution in [2.45, 2.75) is 26.4 Å². The highest BCUT2D eigenvalue weighted by Crippen LogP contribution is 2.05. The lowest BCUT2D eigenvalue weighted by Gasteiger charge is -2.10. The number of aromatic nitrogens is 2. The molecule has 0 fully saturated rings. The first kappa shape index (κ1) is 13.3. The van der Waals surface area contributed by atoms with E-state index in [-0.39, 0.29) is 17.4 Å². The Morgan fingerprint density at radius 1 is 1.32 bits per heavy atom. The predicted octanol–water partition coefficient (Wildman–Crippen LogP) is 2.25. The Morgan fingerprint density at radius 2 is 2.00 bits per heavy atom. The van der Waals surface area contributed by atoms with E-state index in [4.69, 9.17) is 0 Å². The molecule has 0 aliphatic heterocycles. The van der Waals surface area contributed by atoms with Crippen molar-refractivity contribution < 1.29 is 4.39 Å². The highest BCUT2D eigenvalue weighted by molar-refractivity contribution is 5.39. The topological polar surface area (TPSA) is 46.9 Å². The van der Waals surface area contributed by atoms with Crippen molar-refractivity contribution in [2.75, 3.05) is 5.32 Å². The van der Waals surface area contributed by atoms with Crippen molar-refractivity contribution in [2.24, 2.45) is 0 Å². The van der Waals surface area contributed by atoms with Crippen LogP contribution in [0, 0.1) is 5.82 Å². The second-order valence-corrected chi connectivity index (χ2v) is 4.67. The van der Waals surface area contributed by atoms with Gasteiger partial charge in [0, 0.05) is 12.1 Å². The first-order valence-electron chi connectivity index (χ1n) is 6.13. The molecule has 0 bridgehead atoms. The number of halogens is 1. The molecule has 1 N–H and O–H groups in total. The summed E-state index contributed by atoms with van der Waals surface area (Å²) in [5, 5.41) is 7.22. The van der Waals surface area contributed by atoms with Crippen LogP contribution in [0.1, 0.15) is 19.4 Å². The largest absolute Gasteiger partial charge is 0.381 e. The van der Waals surface area contributed by atoms with Gasteiger partial charge in [-0.15, -0.1) is 0 Å². The van der Waals surface area contributed by atoms with Crippen LogP contribution in [0.5, 0.6) is 0 Å². The van der Waals surface area contributed by atoms with E-state index in [1.165, 1.54) is 22.9 Å². The average Bonchev–Trinajstić information content (AvgIpc) is 2.34. The molecule has 1 heterocycles. The molecule has 0 saturated carbocycles. The van der Waals surface area contributed by atoms with E-state index in [0.29, 0.717) is 12.2 Å². The minimum Gasteiger partial charge on any atom is -0.381 e. The molecule has 0 saturated heterocycles. The fourth-order valence-corrected chi connectivity index (χ4v) is 1.73. The Kier molecular flexibility index (Phi) is 3.94. The normalized spacial score (nSPS) is 10.7. The van der Waals surface area contributed by atoms with Crippen molar-refractivity contribution in [1.29, 1.82) is 0 Å². The maximum atomic E-state index is 12.8. The summed E-state index contributed by atoms with van der Waals surface area (Å²) in [6.07, 6.45) is 1.62. The number of nitrogens with zero attached hydrogens (tertiary/aromatic N) is 2. The van der Waals surface area contributed by atoms with E-state index in [1.54, 1.807) is 18.3 Å². The molecule has 1 aromatic heterocycles. The smallest absolute Gasteiger partial charge is 0.269 e. The second kappa shape index (κ2) is 5.65. The standard InChI is InChI=1S/C14H16FN3O/c1-10(2)17-13-7-14(19)18(16-8-13)9-11-3-5-12(15)6-4-11/h3-8,10,17H,9H2,1-2H3. The van der Waals surface area contributed by atoms with E-state index in [9.17, 15) is 9.18 Å². The molecular formula is C14H16FN3O. The van der Waals surface area contributed by atoms with Crippen LogP contribution in [0.15, 0.2) is 41.3 Å². The molecule has 0 spiro atoms. The number of hydrogen-bond donors (Lipinski definition) is 1. The maximum Gasteiger partial charge on any atom is 0.269 e. The molecule has 0 aliphatic rings. The zero-order chi connectivity index (χ0) is 13.8. The third-order valence-corrected chi connectivity index (χ3v) is 2.57. The lowest BCUT2D eigenvalue weighted by Crippen LogP contribution is -2.24. The van der Waals surface area contributed by atoms with Gasteiger partial charge < -0.3 is 5.32 Å². The SMILES string of the molecule is CC(C)Nc1cnn(Cc2ccc(F)cc2)c(=O)c1. The zero-order valence-electron chi connectivity index (χ0n) is 10.9. The van der Waals surface area contributed by atoms with Gasteiger partial charge in [0.25, 0.3) is 5.56 Å². The zero-order valence-corrected chi connectivity index (χ0v) is 10.9. The Labute approximate surface area is 110 Å². The van der Waals surface area contributed by atoms with Crippen molar-refractivity contribution in [3.8, 4) is 0 Å². The van der Waals surface area contributed by atoms with E-state index in [0.717, 1.165) is 5.56 Å². The molecule has 100 valence electrons. The molecule has 0 atom stereocenters. The van der Waals surface area contributed by atoms with Gasteiger partial charge in [-0.2, -0.15) is 5.10 Å². The lowest BCUT2D eigenvalue weighted by molar-refractivity contribution is 0.619. The Bertz CT molecular complexity index is 605. The molecule has 0 unspecified atom stereocenters. The molecule has 1 aromatic carbocycles. The highest BCUT2D eigenvalue weighted by atomic mass is 19.1. The monoisotopic (exact) mass is 261 g/mol. The van der Waals surface area contributed by atoms with Crippen LogP contribution in [0.2, 0.25) is 0 Å². The summed E-state index contributed by atoms with van der Waals surface area (Å²) in [6.45, 7) is 4.31. The third kappa shape index (κ3) is 3.64. The van der Waals surface area contributed by atoms with Crippen LogP contribution in [0.4, 0.5) is 10.1 Å². The van der Waals surface area contributed by atoms with Gasteiger partial charge in [0.1, 0.15) is 5.82 Å². The minimum atomic E-state index is -0.291. The van der Waals surface area contributed by atoms with Crippen molar-refractivity contribution >= 4 is 5.69 Å². The molecule has 2 aromatic rings. The summed E-state index contributed by atoms with van der Waals surface area (Å²) in [5.74, 6) is -0.291. The lowest BCUT2D eigenvalue weighted by atomic mass is 10.2. The van der Waals surface area contributed by atoms with Crippen LogP contribution in [0.3, 0.4) is 0 Å². The van der Waals surface area contributed by atoms with E-state index >= 15 is 0 Å². The van der Waals surface area contributed by atoms with Crippen molar-refractivity contribution in [3.63, 3.8) is 0 Å². The Balaban J connectivity index is 2.17. The first-order valence-corrected chi connectivity index (χ1v) is 6.13. The molecule has 0 amide bonds. The summed E-state index contributed by atoms with van der Waals surface area (Å²) in [7, 11) is 0. The average molecular weight is 261 g/mol. The van der Waals surface area contributed by atoms with Gasteiger partial charge in [-0.1, -0.05) is 12.1 Å². The van der Waals surface area contributed by atoms with Gasteiger partial charge >= 0.3 is 0 Å². The summed E-state index contributed by atoms with van der Waals surface area (Å²) >= 11 is 0. The molecule has 0 radical (unpaired) electrons. The fourth-order valence-electron chi connectivity index (χ4n) is 1.73. The van der Waals surface area contributed by atoms with Crippen LogP contribution < -0.4 is 10.9 Å². The van der Waals surface area contributed by atoms with Crippen molar-refractivity contribution in [1.82, 2.24) is 9.78 Å². The summed E-state index contributed by atoms with van der Waals surface area (Å²) in [4.78, 5) is 11.9. The summed E-state index contributed by atoms with van der Waals surface area (Å²) < 4.78 is 14.1. The predicted molar refractivity (Wildman–Crippen MR) is 72.8 cm³/mol. The number of benzene rings is 1. The first-order chi connectivity index (χ1) is 9.04. The van der Waals surface area contributed by atoms with Gasteiger partial charge in [-0.3, -0.25) is 4.79 Å². The quantitative estimate of drug-likeness (QED) is 0.918. The van der Waals surface area contributed by atoms with Crippen LogP contribution in [-0.4, -0.2) is 15.8 Å². The number of rotatable bonds is 4. The van der Waals surface area contributed by atoms with E-state index < -0.39 is 0 Å².